The van der Waals surface area contributed by atoms with Crippen LogP contribution < -0.4 is 0 Å². The van der Waals surface area contributed by atoms with Gasteiger partial charge in [-0.3, -0.25) is 9.59 Å². The van der Waals surface area contributed by atoms with Crippen LogP contribution in [0.4, 0.5) is 0 Å². The maximum atomic E-state index is 12.3. The number of nitrogens with zero attached hydrogens (tertiary/aromatic N) is 2. The van der Waals surface area contributed by atoms with Gasteiger partial charge in [0, 0.05) is 32.5 Å². The summed E-state index contributed by atoms with van der Waals surface area (Å²) in [5.41, 5.74) is -1.06. The highest BCUT2D eigenvalue weighted by atomic mass is 16.3. The van der Waals surface area contributed by atoms with Crippen molar-refractivity contribution in [3.8, 4) is 0 Å². The lowest BCUT2D eigenvalue weighted by atomic mass is 9.99. The van der Waals surface area contributed by atoms with Gasteiger partial charge in [-0.1, -0.05) is 34.6 Å². The Morgan fingerprint density at radius 3 is 1.96 bits per heavy atom. The Labute approximate surface area is 165 Å². The number of carbonyl (C=O) groups is 3. The molecule has 2 heterocycles. The van der Waals surface area contributed by atoms with Gasteiger partial charge in [0.2, 0.25) is 11.8 Å². The highest BCUT2D eigenvalue weighted by molar-refractivity contribution is 5.86. The zero-order valence-corrected chi connectivity index (χ0v) is 18.0. The summed E-state index contributed by atoms with van der Waals surface area (Å²) < 4.78 is 0. The molecule has 2 saturated heterocycles. The van der Waals surface area contributed by atoms with Gasteiger partial charge in [-0.05, 0) is 38.0 Å². The second kappa shape index (κ2) is 13.7. The summed E-state index contributed by atoms with van der Waals surface area (Å²) in [5, 5.41) is 9.42. The molecular weight excluding hydrogens is 344 g/mol. The van der Waals surface area contributed by atoms with Crippen molar-refractivity contribution in [2.24, 2.45) is 5.92 Å². The Bertz CT molecular complexity index is 445. The fourth-order valence-electron chi connectivity index (χ4n) is 3.25. The molecule has 2 rings (SSSR count). The molecule has 0 saturated carbocycles. The van der Waals surface area contributed by atoms with E-state index in [2.05, 4.69) is 20.8 Å². The van der Waals surface area contributed by atoms with Crippen LogP contribution in [0.15, 0.2) is 0 Å². The smallest absolute Gasteiger partial charge is 0.223 e. The average molecular weight is 385 g/mol. The summed E-state index contributed by atoms with van der Waals surface area (Å²) in [6.45, 7) is 12.2. The predicted octanol–water partition coefficient (Wildman–Crippen LogP) is 3.02. The Morgan fingerprint density at radius 1 is 0.963 bits per heavy atom. The number of rotatable bonds is 5. The molecule has 158 valence electrons. The van der Waals surface area contributed by atoms with Crippen LogP contribution in [0.25, 0.3) is 0 Å². The van der Waals surface area contributed by atoms with E-state index >= 15 is 0 Å². The largest absolute Gasteiger partial charge is 0.393 e. The van der Waals surface area contributed by atoms with Gasteiger partial charge < -0.3 is 19.7 Å². The maximum Gasteiger partial charge on any atom is 0.223 e. The molecule has 2 aliphatic rings. The first kappa shape index (κ1) is 25.6. The summed E-state index contributed by atoms with van der Waals surface area (Å²) >= 11 is 0. The highest BCUT2D eigenvalue weighted by Gasteiger charge is 2.43. The van der Waals surface area contributed by atoms with Crippen molar-refractivity contribution >= 4 is 18.1 Å². The molecule has 6 nitrogen and oxygen atoms in total. The van der Waals surface area contributed by atoms with E-state index in [-0.39, 0.29) is 31.3 Å². The molecular formula is C21H40N2O4. The molecule has 0 aliphatic carbocycles. The lowest BCUT2D eigenvalue weighted by Gasteiger charge is -2.32. The normalized spacial score (nSPS) is 21.7. The van der Waals surface area contributed by atoms with Gasteiger partial charge in [0.1, 0.15) is 11.8 Å². The van der Waals surface area contributed by atoms with E-state index < -0.39 is 5.54 Å². The topological polar surface area (TPSA) is 77.9 Å². The summed E-state index contributed by atoms with van der Waals surface area (Å²) in [6, 6.07) is 0. The van der Waals surface area contributed by atoms with Crippen molar-refractivity contribution in [1.82, 2.24) is 9.80 Å². The second-order valence-electron chi connectivity index (χ2n) is 7.70. The van der Waals surface area contributed by atoms with Crippen LogP contribution in [0.5, 0.6) is 0 Å². The Hall–Kier alpha value is -1.43. The van der Waals surface area contributed by atoms with Crippen molar-refractivity contribution < 1.29 is 19.5 Å². The van der Waals surface area contributed by atoms with Crippen LogP contribution in [0.1, 0.15) is 79.6 Å². The number of aldehydes is 1. The van der Waals surface area contributed by atoms with E-state index in [0.29, 0.717) is 25.7 Å². The molecule has 1 atom stereocenters. The standard InChI is InChI=1S/C15H24N2O4.C4H10.C2H6/c18-11-15(12-19)7-4-10-17(15)14(21)6-5-13(20)16-8-2-1-3-9-16;1-4(2)3;1-2/h11,19H,1-10,12H2;4H,1-3H3;1-2H3/t15-;;/m0../s1. The summed E-state index contributed by atoms with van der Waals surface area (Å²) in [7, 11) is 0. The van der Waals surface area contributed by atoms with E-state index in [0.717, 1.165) is 38.3 Å². The molecule has 0 radical (unpaired) electrons. The zero-order chi connectivity index (χ0) is 20.9. The summed E-state index contributed by atoms with van der Waals surface area (Å²) in [6.07, 6.45) is 5.42. The van der Waals surface area contributed by atoms with Crippen LogP contribution >= 0.6 is 0 Å². The average Bonchev–Trinajstić information content (AvgIpc) is 3.12. The molecule has 0 aromatic heterocycles. The van der Waals surface area contributed by atoms with Crippen LogP contribution in [0.2, 0.25) is 0 Å². The maximum absolute atomic E-state index is 12.3. The molecule has 0 aromatic carbocycles. The van der Waals surface area contributed by atoms with Gasteiger partial charge in [0.05, 0.1) is 6.61 Å². The Balaban J connectivity index is 0.000000998. The molecule has 1 N–H and O–H groups in total. The summed E-state index contributed by atoms with van der Waals surface area (Å²) in [4.78, 5) is 38.8. The first-order valence-corrected chi connectivity index (χ1v) is 10.5. The van der Waals surface area contributed by atoms with Crippen molar-refractivity contribution in [2.45, 2.75) is 85.1 Å². The van der Waals surface area contributed by atoms with Crippen molar-refractivity contribution in [1.29, 1.82) is 0 Å². The van der Waals surface area contributed by atoms with E-state index in [1.165, 1.54) is 4.90 Å². The number of hydrogen-bond acceptors (Lipinski definition) is 4. The van der Waals surface area contributed by atoms with Gasteiger partial charge >= 0.3 is 0 Å². The monoisotopic (exact) mass is 384 g/mol. The molecule has 0 spiro atoms. The SMILES string of the molecule is CC.CC(C)C.O=C[C@]1(CO)CCCN1C(=O)CCC(=O)N1CCCCC1. The van der Waals surface area contributed by atoms with Crippen LogP contribution in [0, 0.1) is 5.92 Å². The van der Waals surface area contributed by atoms with Crippen molar-refractivity contribution in [3.05, 3.63) is 0 Å². The number of likely N-dealkylation sites (tertiary alicyclic amines) is 2. The fraction of sp³-hybridized carbons (Fsp3) is 0.857. The molecule has 2 amide bonds. The number of hydrogen-bond donors (Lipinski definition) is 1. The first-order chi connectivity index (χ1) is 12.9. The van der Waals surface area contributed by atoms with Crippen molar-refractivity contribution in [2.75, 3.05) is 26.2 Å². The van der Waals surface area contributed by atoms with Gasteiger partial charge in [0.25, 0.3) is 0 Å². The zero-order valence-electron chi connectivity index (χ0n) is 18.0. The third kappa shape index (κ3) is 8.41. The number of aliphatic hydroxyl groups is 1. The molecule has 6 heteroatoms. The van der Waals surface area contributed by atoms with E-state index in [4.69, 9.17) is 0 Å². The highest BCUT2D eigenvalue weighted by Crippen LogP contribution is 2.28. The third-order valence-corrected chi connectivity index (χ3v) is 4.58. The minimum absolute atomic E-state index is 0.0166. The molecule has 2 aliphatic heterocycles. The Kier molecular flexibility index (Phi) is 13.0. The number of aliphatic hydroxyl groups excluding tert-OH is 1. The first-order valence-electron chi connectivity index (χ1n) is 10.5. The van der Waals surface area contributed by atoms with Crippen LogP contribution in [0.3, 0.4) is 0 Å². The van der Waals surface area contributed by atoms with Gasteiger partial charge in [-0.15, -0.1) is 0 Å². The molecule has 0 aromatic rings. The number of carbonyl (C=O) groups excluding carboxylic acids is 3. The van der Waals surface area contributed by atoms with Gasteiger partial charge in [0.15, 0.2) is 0 Å². The van der Waals surface area contributed by atoms with Crippen LogP contribution in [-0.4, -0.2) is 64.8 Å². The van der Waals surface area contributed by atoms with E-state index in [9.17, 15) is 19.5 Å². The summed E-state index contributed by atoms with van der Waals surface area (Å²) in [5.74, 6) is 0.641. The van der Waals surface area contributed by atoms with E-state index in [1.807, 2.05) is 18.7 Å². The molecule has 0 bridgehead atoms. The second-order valence-corrected chi connectivity index (χ2v) is 7.70. The molecule has 27 heavy (non-hydrogen) atoms. The third-order valence-electron chi connectivity index (χ3n) is 4.58. The predicted molar refractivity (Wildman–Crippen MR) is 108 cm³/mol. The lowest BCUT2D eigenvalue weighted by molar-refractivity contribution is -0.143. The molecule has 2 fully saturated rings. The Morgan fingerprint density at radius 2 is 1.48 bits per heavy atom. The minimum atomic E-state index is -1.06. The van der Waals surface area contributed by atoms with Gasteiger partial charge in [-0.2, -0.15) is 0 Å². The number of amides is 2. The fourth-order valence-corrected chi connectivity index (χ4v) is 3.25. The van der Waals surface area contributed by atoms with Gasteiger partial charge in [-0.25, -0.2) is 0 Å². The quantitative estimate of drug-likeness (QED) is 0.739. The van der Waals surface area contributed by atoms with Crippen LogP contribution in [-0.2, 0) is 14.4 Å². The lowest BCUT2D eigenvalue weighted by Crippen LogP contribution is -2.51. The van der Waals surface area contributed by atoms with Crippen molar-refractivity contribution in [3.63, 3.8) is 0 Å². The van der Waals surface area contributed by atoms with E-state index in [1.54, 1.807) is 0 Å². The number of piperidine rings is 1. The minimum Gasteiger partial charge on any atom is -0.393 e. The molecule has 0 unspecified atom stereocenters.